The molecule has 3 amide bonds. The summed E-state index contributed by atoms with van der Waals surface area (Å²) in [5.74, 6) is -1.22. The minimum Gasteiger partial charge on any atom is -0.471 e. The maximum atomic E-state index is 14.0. The lowest BCUT2D eigenvalue weighted by molar-refractivity contribution is 0.0996. The van der Waals surface area contributed by atoms with Crippen molar-refractivity contribution in [3.8, 4) is 5.88 Å². The quantitative estimate of drug-likeness (QED) is 0.591. The predicted octanol–water partition coefficient (Wildman–Crippen LogP) is 2.87. The molecule has 0 saturated carbocycles. The molecule has 1 aromatic heterocycles. The Hall–Kier alpha value is -2.72. The summed E-state index contributed by atoms with van der Waals surface area (Å²) in [6, 6.07) is 4.79. The molecule has 1 atom stereocenters. The third kappa shape index (κ3) is 5.45. The Labute approximate surface area is 178 Å². The van der Waals surface area contributed by atoms with Crippen LogP contribution in [-0.2, 0) is 6.61 Å². The normalized spacial score (nSPS) is 16.4. The largest absolute Gasteiger partial charge is 0.471 e. The molecule has 30 heavy (non-hydrogen) atoms. The molecule has 0 spiro atoms. The number of carbonyl (C=O) groups is 2. The number of primary amides is 1. The van der Waals surface area contributed by atoms with Crippen molar-refractivity contribution in [3.05, 3.63) is 40.7 Å². The Morgan fingerprint density at radius 2 is 2.23 bits per heavy atom. The van der Waals surface area contributed by atoms with Gasteiger partial charge >= 0.3 is 6.03 Å². The standard InChI is InChI=1S/C20H26FN5O3S/c1-12-5-6-13(15(21)10-12)11-29-18-16(17(22)27)19(30-25-18)24-20(28)23-8-7-14-4-3-9-26(14)2/h5-6,10,14H,3-4,7-9,11H2,1-2H3,(H2,22,27)(H2,23,24,28). The number of carbonyl (C=O) groups excluding carboxylic acids is 2. The Balaban J connectivity index is 1.58. The SMILES string of the molecule is Cc1ccc(COc2nsc(NC(=O)NCCC3CCCN3C)c2C(N)=O)c(F)c1. The molecule has 0 radical (unpaired) electrons. The van der Waals surface area contributed by atoms with Gasteiger partial charge in [-0.05, 0) is 62.9 Å². The Bertz CT molecular complexity index is 920. The minimum absolute atomic E-state index is 0.0294. The van der Waals surface area contributed by atoms with Crippen molar-refractivity contribution in [1.29, 1.82) is 0 Å². The second kappa shape index (κ2) is 9.86. The van der Waals surface area contributed by atoms with Crippen LogP contribution >= 0.6 is 11.5 Å². The van der Waals surface area contributed by atoms with E-state index >= 15 is 0 Å². The molecule has 10 heteroatoms. The molecule has 1 aliphatic heterocycles. The van der Waals surface area contributed by atoms with Crippen molar-refractivity contribution in [3.63, 3.8) is 0 Å². The molecule has 0 bridgehead atoms. The third-order valence-electron chi connectivity index (χ3n) is 5.14. The number of anilines is 1. The number of nitrogens with zero attached hydrogens (tertiary/aromatic N) is 2. The molecule has 1 unspecified atom stereocenters. The highest BCUT2D eigenvalue weighted by Gasteiger charge is 2.23. The van der Waals surface area contributed by atoms with Crippen LogP contribution in [0, 0.1) is 12.7 Å². The fourth-order valence-corrected chi connectivity index (χ4v) is 4.17. The number of nitrogens with two attached hydrogens (primary N) is 1. The van der Waals surface area contributed by atoms with Crippen LogP contribution in [0.25, 0.3) is 0 Å². The van der Waals surface area contributed by atoms with E-state index in [9.17, 15) is 14.0 Å². The minimum atomic E-state index is -0.786. The number of hydrogen-bond donors (Lipinski definition) is 3. The first-order valence-corrected chi connectivity index (χ1v) is 10.5. The van der Waals surface area contributed by atoms with E-state index in [-0.39, 0.29) is 23.1 Å². The van der Waals surface area contributed by atoms with Gasteiger partial charge in [0.25, 0.3) is 5.91 Å². The lowest BCUT2D eigenvalue weighted by Gasteiger charge is -2.19. The zero-order valence-electron chi connectivity index (χ0n) is 17.0. The lowest BCUT2D eigenvalue weighted by atomic mass is 10.1. The molecular weight excluding hydrogens is 409 g/mol. The topological polar surface area (TPSA) is 110 Å². The summed E-state index contributed by atoms with van der Waals surface area (Å²) in [4.78, 5) is 26.4. The van der Waals surface area contributed by atoms with E-state index in [4.69, 9.17) is 10.5 Å². The molecule has 0 aliphatic carbocycles. The molecule has 8 nitrogen and oxygen atoms in total. The zero-order valence-corrected chi connectivity index (χ0v) is 17.9. The summed E-state index contributed by atoms with van der Waals surface area (Å²) in [5, 5.41) is 5.58. The van der Waals surface area contributed by atoms with Crippen molar-refractivity contribution in [2.45, 2.75) is 38.8 Å². The van der Waals surface area contributed by atoms with E-state index in [0.717, 1.165) is 36.5 Å². The van der Waals surface area contributed by atoms with Gasteiger partial charge in [-0.15, -0.1) is 0 Å². The number of hydrogen-bond acceptors (Lipinski definition) is 6. The number of urea groups is 1. The highest BCUT2D eigenvalue weighted by molar-refractivity contribution is 7.11. The van der Waals surface area contributed by atoms with Crippen molar-refractivity contribution in [2.24, 2.45) is 5.73 Å². The number of rotatable bonds is 8. The number of halogens is 1. The molecule has 162 valence electrons. The number of aromatic nitrogens is 1. The molecule has 1 aromatic carbocycles. The van der Waals surface area contributed by atoms with E-state index < -0.39 is 17.8 Å². The first-order valence-electron chi connectivity index (χ1n) is 9.77. The Morgan fingerprint density at radius 1 is 1.43 bits per heavy atom. The molecule has 3 rings (SSSR count). The van der Waals surface area contributed by atoms with Gasteiger partial charge in [-0.2, -0.15) is 4.37 Å². The van der Waals surface area contributed by atoms with Gasteiger partial charge in [0.2, 0.25) is 5.88 Å². The highest BCUT2D eigenvalue weighted by atomic mass is 32.1. The van der Waals surface area contributed by atoms with Gasteiger partial charge in [-0.1, -0.05) is 12.1 Å². The van der Waals surface area contributed by atoms with Crippen LogP contribution in [0.1, 0.15) is 40.7 Å². The van der Waals surface area contributed by atoms with Gasteiger partial charge < -0.3 is 20.7 Å². The van der Waals surface area contributed by atoms with E-state index in [1.165, 1.54) is 12.5 Å². The smallest absolute Gasteiger partial charge is 0.319 e. The number of amides is 3. The summed E-state index contributed by atoms with van der Waals surface area (Å²) in [6.07, 6.45) is 3.15. The molecule has 2 aromatic rings. The van der Waals surface area contributed by atoms with Gasteiger partial charge in [0.15, 0.2) is 0 Å². The van der Waals surface area contributed by atoms with Crippen LogP contribution in [-0.4, -0.2) is 47.4 Å². The monoisotopic (exact) mass is 435 g/mol. The summed E-state index contributed by atoms with van der Waals surface area (Å²) >= 11 is 0.884. The molecular formula is C20H26FN5O3S. The average molecular weight is 436 g/mol. The predicted molar refractivity (Wildman–Crippen MR) is 113 cm³/mol. The maximum Gasteiger partial charge on any atom is 0.319 e. The van der Waals surface area contributed by atoms with Crippen molar-refractivity contribution < 1.29 is 18.7 Å². The van der Waals surface area contributed by atoms with Crippen LogP contribution in [0.15, 0.2) is 18.2 Å². The van der Waals surface area contributed by atoms with Crippen molar-refractivity contribution in [1.82, 2.24) is 14.6 Å². The van der Waals surface area contributed by atoms with Gasteiger partial charge in [0, 0.05) is 18.2 Å². The second-order valence-electron chi connectivity index (χ2n) is 7.39. The third-order valence-corrected chi connectivity index (χ3v) is 5.89. The van der Waals surface area contributed by atoms with Crippen molar-refractivity contribution in [2.75, 3.05) is 25.5 Å². The molecule has 1 fully saturated rings. The Kier molecular flexibility index (Phi) is 7.22. The van der Waals surface area contributed by atoms with E-state index in [1.54, 1.807) is 19.1 Å². The van der Waals surface area contributed by atoms with E-state index in [1.807, 2.05) is 0 Å². The highest BCUT2D eigenvalue weighted by Crippen LogP contribution is 2.31. The Morgan fingerprint density at radius 3 is 2.90 bits per heavy atom. The van der Waals surface area contributed by atoms with Crippen LogP contribution in [0.3, 0.4) is 0 Å². The summed E-state index contributed by atoms with van der Waals surface area (Å²) in [7, 11) is 2.08. The zero-order chi connectivity index (χ0) is 21.7. The fourth-order valence-electron chi connectivity index (χ4n) is 3.44. The maximum absolute atomic E-state index is 14.0. The van der Waals surface area contributed by atoms with Crippen LogP contribution in [0.2, 0.25) is 0 Å². The van der Waals surface area contributed by atoms with Crippen LogP contribution < -0.4 is 21.1 Å². The number of aryl methyl sites for hydroxylation is 1. The van der Waals surface area contributed by atoms with E-state index in [2.05, 4.69) is 27.0 Å². The molecule has 2 heterocycles. The van der Waals surface area contributed by atoms with Crippen molar-refractivity contribution >= 4 is 28.5 Å². The number of likely N-dealkylation sites (tertiary alicyclic amines) is 1. The first kappa shape index (κ1) is 22.0. The summed E-state index contributed by atoms with van der Waals surface area (Å²) < 4.78 is 23.5. The second-order valence-corrected chi connectivity index (χ2v) is 8.16. The van der Waals surface area contributed by atoms with Gasteiger partial charge in [0.1, 0.15) is 23.0 Å². The molecule has 1 aliphatic rings. The summed E-state index contributed by atoms with van der Waals surface area (Å²) in [6.45, 7) is 3.27. The molecule has 1 saturated heterocycles. The van der Waals surface area contributed by atoms with Gasteiger partial charge in [-0.25, -0.2) is 9.18 Å². The van der Waals surface area contributed by atoms with Crippen LogP contribution in [0.4, 0.5) is 14.2 Å². The lowest BCUT2D eigenvalue weighted by Crippen LogP contribution is -2.34. The molecule has 4 N–H and O–H groups in total. The fraction of sp³-hybridized carbons (Fsp3) is 0.450. The average Bonchev–Trinajstić information content (AvgIpc) is 3.27. The number of nitrogens with one attached hydrogen (secondary N) is 2. The first-order chi connectivity index (χ1) is 14.3. The summed E-state index contributed by atoms with van der Waals surface area (Å²) in [5.41, 5.74) is 6.54. The van der Waals surface area contributed by atoms with Gasteiger partial charge in [0.05, 0.1) is 0 Å². The number of benzene rings is 1. The van der Waals surface area contributed by atoms with E-state index in [0.29, 0.717) is 18.2 Å². The van der Waals surface area contributed by atoms with Crippen LogP contribution in [0.5, 0.6) is 5.88 Å². The van der Waals surface area contributed by atoms with Gasteiger partial charge in [-0.3, -0.25) is 10.1 Å². The number of ether oxygens (including phenoxy) is 1.